The van der Waals surface area contributed by atoms with Crippen LogP contribution in [0.25, 0.3) is 0 Å². The lowest BCUT2D eigenvalue weighted by Gasteiger charge is -2.35. The molecule has 1 aliphatic heterocycles. The van der Waals surface area contributed by atoms with E-state index in [2.05, 4.69) is 38.0 Å². The maximum atomic E-state index is 3.64. The second-order valence-corrected chi connectivity index (χ2v) is 4.88. The van der Waals surface area contributed by atoms with Crippen LogP contribution in [0.4, 0.5) is 0 Å². The van der Waals surface area contributed by atoms with E-state index in [1.54, 1.807) is 0 Å². The molecule has 0 saturated carbocycles. The summed E-state index contributed by atoms with van der Waals surface area (Å²) in [5.41, 5.74) is 0. The molecule has 0 bridgehead atoms. The van der Waals surface area contributed by atoms with Crippen LogP contribution in [0.2, 0.25) is 0 Å². The van der Waals surface area contributed by atoms with E-state index in [0.29, 0.717) is 12.1 Å². The maximum Gasteiger partial charge on any atom is 0.0220 e. The van der Waals surface area contributed by atoms with Crippen LogP contribution in [0, 0.1) is 5.92 Å². The minimum Gasteiger partial charge on any atom is -0.312 e. The average molecular weight is 198 g/mol. The summed E-state index contributed by atoms with van der Waals surface area (Å²) in [6.45, 7) is 9.37. The summed E-state index contributed by atoms with van der Waals surface area (Å²) in [5, 5.41) is 3.64. The van der Waals surface area contributed by atoms with E-state index in [0.717, 1.165) is 5.92 Å². The maximum absolute atomic E-state index is 3.64. The van der Waals surface area contributed by atoms with Crippen LogP contribution in [0.15, 0.2) is 0 Å². The molecule has 84 valence electrons. The summed E-state index contributed by atoms with van der Waals surface area (Å²) in [6.07, 6.45) is 3.99. The Kier molecular flexibility index (Phi) is 4.90. The molecule has 0 aromatic carbocycles. The second-order valence-electron chi connectivity index (χ2n) is 4.88. The molecule has 1 saturated heterocycles. The Morgan fingerprint density at radius 2 is 2.21 bits per heavy atom. The van der Waals surface area contributed by atoms with Gasteiger partial charge in [0.1, 0.15) is 0 Å². The van der Waals surface area contributed by atoms with Gasteiger partial charge >= 0.3 is 0 Å². The van der Waals surface area contributed by atoms with Crippen molar-refractivity contribution in [3.8, 4) is 0 Å². The van der Waals surface area contributed by atoms with Crippen molar-refractivity contribution in [1.82, 2.24) is 10.2 Å². The molecule has 0 amide bonds. The first-order valence-electron chi connectivity index (χ1n) is 6.08. The standard InChI is InChI=1S/C12H26N2/c1-5-11(3)14(4)9-12-10(2)7-6-8-13-12/h10-13H,5-9H2,1-4H3. The third-order valence-corrected chi connectivity index (χ3v) is 3.76. The monoisotopic (exact) mass is 198 g/mol. The molecule has 2 nitrogen and oxygen atoms in total. The first kappa shape index (κ1) is 12.0. The molecule has 0 spiro atoms. The van der Waals surface area contributed by atoms with Gasteiger partial charge in [-0.25, -0.2) is 0 Å². The van der Waals surface area contributed by atoms with Gasteiger partial charge in [-0.2, -0.15) is 0 Å². The van der Waals surface area contributed by atoms with E-state index < -0.39 is 0 Å². The van der Waals surface area contributed by atoms with Crippen LogP contribution in [0.3, 0.4) is 0 Å². The first-order chi connectivity index (χ1) is 6.65. The van der Waals surface area contributed by atoms with Gasteiger partial charge < -0.3 is 10.2 Å². The summed E-state index contributed by atoms with van der Waals surface area (Å²) in [5.74, 6) is 0.843. The number of piperidine rings is 1. The molecule has 0 radical (unpaired) electrons. The molecule has 1 rings (SSSR count). The highest BCUT2D eigenvalue weighted by atomic mass is 15.2. The Labute approximate surface area is 89.1 Å². The van der Waals surface area contributed by atoms with Crippen LogP contribution in [-0.4, -0.2) is 37.1 Å². The summed E-state index contributed by atoms with van der Waals surface area (Å²) < 4.78 is 0. The molecule has 1 N–H and O–H groups in total. The van der Waals surface area contributed by atoms with Crippen molar-refractivity contribution >= 4 is 0 Å². The molecule has 3 unspecified atom stereocenters. The SMILES string of the molecule is CCC(C)N(C)CC1NCCCC1C. The number of hydrogen-bond donors (Lipinski definition) is 1. The zero-order valence-electron chi connectivity index (χ0n) is 10.2. The molecule has 2 heteroatoms. The van der Waals surface area contributed by atoms with Crippen LogP contribution >= 0.6 is 0 Å². The van der Waals surface area contributed by atoms with Crippen LogP contribution < -0.4 is 5.32 Å². The third kappa shape index (κ3) is 3.25. The van der Waals surface area contributed by atoms with Gasteiger partial charge in [-0.3, -0.25) is 0 Å². The van der Waals surface area contributed by atoms with E-state index >= 15 is 0 Å². The van der Waals surface area contributed by atoms with Crippen molar-refractivity contribution in [2.45, 2.75) is 52.1 Å². The number of nitrogens with one attached hydrogen (secondary N) is 1. The Morgan fingerprint density at radius 3 is 2.79 bits per heavy atom. The Balaban J connectivity index is 2.34. The van der Waals surface area contributed by atoms with E-state index in [1.165, 1.54) is 32.4 Å². The fourth-order valence-electron chi connectivity index (χ4n) is 2.16. The Morgan fingerprint density at radius 1 is 1.50 bits per heavy atom. The molecule has 1 fully saturated rings. The Hall–Kier alpha value is -0.0800. The molecular weight excluding hydrogens is 172 g/mol. The van der Waals surface area contributed by atoms with Crippen molar-refractivity contribution in [3.63, 3.8) is 0 Å². The fourth-order valence-corrected chi connectivity index (χ4v) is 2.16. The molecular formula is C12H26N2. The highest BCUT2D eigenvalue weighted by Crippen LogP contribution is 2.17. The number of hydrogen-bond acceptors (Lipinski definition) is 2. The molecule has 0 aromatic rings. The van der Waals surface area contributed by atoms with Crippen molar-refractivity contribution in [1.29, 1.82) is 0 Å². The van der Waals surface area contributed by atoms with Gasteiger partial charge in [0.25, 0.3) is 0 Å². The molecule has 14 heavy (non-hydrogen) atoms. The molecule has 3 atom stereocenters. The smallest absolute Gasteiger partial charge is 0.0220 e. The van der Waals surface area contributed by atoms with Gasteiger partial charge in [0.05, 0.1) is 0 Å². The third-order valence-electron chi connectivity index (χ3n) is 3.76. The summed E-state index contributed by atoms with van der Waals surface area (Å²) >= 11 is 0. The molecule has 1 aliphatic rings. The van der Waals surface area contributed by atoms with Crippen molar-refractivity contribution in [2.75, 3.05) is 20.1 Å². The van der Waals surface area contributed by atoms with Gasteiger partial charge in [-0.1, -0.05) is 13.8 Å². The number of nitrogens with zero attached hydrogens (tertiary/aromatic N) is 1. The minimum absolute atomic E-state index is 0.711. The van der Waals surface area contributed by atoms with E-state index in [-0.39, 0.29) is 0 Å². The lowest BCUT2D eigenvalue weighted by molar-refractivity contribution is 0.180. The summed E-state index contributed by atoms with van der Waals surface area (Å²) in [6, 6.07) is 1.42. The number of likely N-dealkylation sites (N-methyl/N-ethyl adjacent to an activating group) is 1. The van der Waals surface area contributed by atoms with Crippen LogP contribution in [-0.2, 0) is 0 Å². The second kappa shape index (κ2) is 5.72. The zero-order valence-corrected chi connectivity index (χ0v) is 10.2. The lowest BCUT2D eigenvalue weighted by atomic mass is 9.92. The highest BCUT2D eigenvalue weighted by Gasteiger charge is 2.22. The van der Waals surface area contributed by atoms with Crippen LogP contribution in [0.1, 0.15) is 40.0 Å². The lowest BCUT2D eigenvalue weighted by Crippen LogP contribution is -2.48. The highest BCUT2D eigenvalue weighted by molar-refractivity contribution is 4.81. The zero-order chi connectivity index (χ0) is 10.6. The van der Waals surface area contributed by atoms with Gasteiger partial charge in [0.2, 0.25) is 0 Å². The van der Waals surface area contributed by atoms with Crippen LogP contribution in [0.5, 0.6) is 0 Å². The average Bonchev–Trinajstić information content (AvgIpc) is 2.20. The van der Waals surface area contributed by atoms with E-state index in [1.807, 2.05) is 0 Å². The van der Waals surface area contributed by atoms with E-state index in [9.17, 15) is 0 Å². The quantitative estimate of drug-likeness (QED) is 0.744. The van der Waals surface area contributed by atoms with Crippen molar-refractivity contribution in [3.05, 3.63) is 0 Å². The topological polar surface area (TPSA) is 15.3 Å². The van der Waals surface area contributed by atoms with Crippen molar-refractivity contribution in [2.24, 2.45) is 5.92 Å². The van der Waals surface area contributed by atoms with E-state index in [4.69, 9.17) is 0 Å². The molecule has 0 aliphatic carbocycles. The molecule has 1 heterocycles. The predicted octanol–water partition coefficient (Wildman–Crippen LogP) is 2.10. The number of rotatable bonds is 4. The first-order valence-corrected chi connectivity index (χ1v) is 6.08. The molecule has 0 aromatic heterocycles. The largest absolute Gasteiger partial charge is 0.312 e. The van der Waals surface area contributed by atoms with Gasteiger partial charge in [0, 0.05) is 18.6 Å². The van der Waals surface area contributed by atoms with Gasteiger partial charge in [-0.15, -0.1) is 0 Å². The predicted molar refractivity (Wildman–Crippen MR) is 62.6 cm³/mol. The van der Waals surface area contributed by atoms with Crippen molar-refractivity contribution < 1.29 is 0 Å². The van der Waals surface area contributed by atoms with Gasteiger partial charge in [-0.05, 0) is 45.7 Å². The van der Waals surface area contributed by atoms with Gasteiger partial charge in [0.15, 0.2) is 0 Å². The summed E-state index contributed by atoms with van der Waals surface area (Å²) in [4.78, 5) is 2.49. The normalized spacial score (nSPS) is 30.6. The fraction of sp³-hybridized carbons (Fsp3) is 1.00. The summed E-state index contributed by atoms with van der Waals surface area (Å²) in [7, 11) is 2.25. The Bertz CT molecular complexity index is 158. The minimum atomic E-state index is 0.711.